The third kappa shape index (κ3) is 7.34. The Bertz CT molecular complexity index is 602. The predicted octanol–water partition coefficient (Wildman–Crippen LogP) is 0.0213. The fraction of sp³-hybridized carbons (Fsp3) is 0.778. The Kier molecular flexibility index (Phi) is 8.22. The molecule has 0 bridgehead atoms. The Labute approximate surface area is 165 Å². The van der Waals surface area contributed by atoms with Crippen molar-refractivity contribution in [3.05, 3.63) is 0 Å². The number of amides is 4. The summed E-state index contributed by atoms with van der Waals surface area (Å²) in [5.41, 5.74) is 7.38. The van der Waals surface area contributed by atoms with E-state index in [1.165, 1.54) is 5.01 Å². The van der Waals surface area contributed by atoms with Crippen LogP contribution in [0.5, 0.6) is 0 Å². The number of alkyl carbamates (subject to hydrolysis) is 1. The molecule has 10 nitrogen and oxygen atoms in total. The average molecular weight is 399 g/mol. The molecular weight excluding hydrogens is 366 g/mol. The van der Waals surface area contributed by atoms with Crippen LogP contribution in [0.4, 0.5) is 4.79 Å². The molecule has 0 aromatic heterocycles. The van der Waals surface area contributed by atoms with Crippen LogP contribution in [0.2, 0.25) is 0 Å². The van der Waals surface area contributed by atoms with Crippen LogP contribution in [-0.4, -0.2) is 59.1 Å². The lowest BCUT2D eigenvalue weighted by molar-refractivity contribution is -0.142. The molecule has 1 saturated heterocycles. The highest BCUT2D eigenvalue weighted by atomic mass is 16.6. The minimum absolute atomic E-state index is 0.220. The lowest BCUT2D eigenvalue weighted by atomic mass is 10.0. The van der Waals surface area contributed by atoms with Crippen LogP contribution < -0.4 is 21.8 Å². The SMILES string of the molecule is CC(NC(=O)C(NC(=O)OC(C)(C)C)C(C)C)C(=O)N1CCCC(C(N)=O)N1. The molecule has 4 amide bonds. The van der Waals surface area contributed by atoms with Crippen LogP contribution in [0.3, 0.4) is 0 Å². The number of nitrogens with one attached hydrogen (secondary N) is 3. The molecule has 160 valence electrons. The molecule has 0 aliphatic carbocycles. The number of rotatable bonds is 6. The summed E-state index contributed by atoms with van der Waals surface area (Å²) in [6, 6.07) is -2.33. The molecular formula is C18H33N5O5. The van der Waals surface area contributed by atoms with Crippen LogP contribution in [0.15, 0.2) is 0 Å². The van der Waals surface area contributed by atoms with Crippen molar-refractivity contribution in [3.63, 3.8) is 0 Å². The monoisotopic (exact) mass is 399 g/mol. The fourth-order valence-corrected chi connectivity index (χ4v) is 2.72. The molecule has 1 heterocycles. The highest BCUT2D eigenvalue weighted by Gasteiger charge is 2.32. The number of carbonyl (C=O) groups is 4. The second-order valence-corrected chi connectivity index (χ2v) is 8.31. The standard InChI is InChI=1S/C18H33N5O5/c1-10(2)13(21-17(27)28-18(4,5)6)15(25)20-11(3)16(26)23-9-7-8-12(22-23)14(19)24/h10-13,22H,7-9H2,1-6H3,(H2,19,24)(H,20,25)(H,21,27). The van der Waals surface area contributed by atoms with E-state index in [0.717, 1.165) is 0 Å². The maximum Gasteiger partial charge on any atom is 0.408 e. The summed E-state index contributed by atoms with van der Waals surface area (Å²) < 4.78 is 5.19. The van der Waals surface area contributed by atoms with E-state index in [1.807, 2.05) is 0 Å². The molecule has 1 aliphatic heterocycles. The Morgan fingerprint density at radius 2 is 1.75 bits per heavy atom. The molecule has 0 spiro atoms. The van der Waals surface area contributed by atoms with Crippen LogP contribution in [0.1, 0.15) is 54.4 Å². The van der Waals surface area contributed by atoms with Crippen LogP contribution in [0, 0.1) is 5.92 Å². The number of primary amides is 1. The van der Waals surface area contributed by atoms with Gasteiger partial charge in [-0.3, -0.25) is 19.4 Å². The van der Waals surface area contributed by atoms with Crippen molar-refractivity contribution in [2.75, 3.05) is 6.54 Å². The van der Waals surface area contributed by atoms with E-state index in [4.69, 9.17) is 10.5 Å². The van der Waals surface area contributed by atoms with Crippen LogP contribution >= 0.6 is 0 Å². The maximum atomic E-state index is 12.6. The molecule has 0 saturated carbocycles. The van der Waals surface area contributed by atoms with Gasteiger partial charge in [-0.05, 0) is 46.5 Å². The molecule has 1 rings (SSSR count). The lowest BCUT2D eigenvalue weighted by Crippen LogP contribution is -2.61. The third-order valence-electron chi connectivity index (χ3n) is 4.15. The van der Waals surface area contributed by atoms with E-state index < -0.39 is 41.6 Å². The highest BCUT2D eigenvalue weighted by Crippen LogP contribution is 2.11. The molecule has 1 aliphatic rings. The van der Waals surface area contributed by atoms with E-state index in [1.54, 1.807) is 41.5 Å². The normalized spacial score (nSPS) is 19.5. The molecule has 1 fully saturated rings. The molecule has 0 aromatic rings. The van der Waals surface area contributed by atoms with Gasteiger partial charge in [-0.25, -0.2) is 10.2 Å². The largest absolute Gasteiger partial charge is 0.444 e. The Morgan fingerprint density at radius 1 is 1.14 bits per heavy atom. The molecule has 0 aromatic carbocycles. The quantitative estimate of drug-likeness (QED) is 0.496. The molecule has 28 heavy (non-hydrogen) atoms. The average Bonchev–Trinajstić information content (AvgIpc) is 2.57. The van der Waals surface area contributed by atoms with Gasteiger partial charge in [0.05, 0.1) is 0 Å². The van der Waals surface area contributed by atoms with Crippen LogP contribution in [0.25, 0.3) is 0 Å². The first kappa shape index (κ1) is 23.7. The zero-order chi connectivity index (χ0) is 21.6. The summed E-state index contributed by atoms with van der Waals surface area (Å²) in [4.78, 5) is 48.5. The number of nitrogens with two attached hydrogens (primary N) is 1. The Hall–Kier alpha value is -2.36. The van der Waals surface area contributed by atoms with Crippen molar-refractivity contribution in [1.29, 1.82) is 0 Å². The van der Waals surface area contributed by atoms with E-state index in [-0.39, 0.29) is 11.8 Å². The zero-order valence-corrected chi connectivity index (χ0v) is 17.5. The first-order valence-electron chi connectivity index (χ1n) is 9.48. The fourth-order valence-electron chi connectivity index (χ4n) is 2.72. The van der Waals surface area contributed by atoms with Gasteiger partial charge in [-0.15, -0.1) is 0 Å². The number of hydrogen-bond acceptors (Lipinski definition) is 6. The van der Waals surface area contributed by atoms with Gasteiger partial charge in [0.1, 0.15) is 23.7 Å². The summed E-state index contributed by atoms with van der Waals surface area (Å²) in [7, 11) is 0. The van der Waals surface area contributed by atoms with Gasteiger partial charge in [0.2, 0.25) is 11.8 Å². The molecule has 0 radical (unpaired) electrons. The molecule has 3 unspecified atom stereocenters. The first-order chi connectivity index (χ1) is 12.8. The van der Waals surface area contributed by atoms with Crippen molar-refractivity contribution in [1.82, 2.24) is 21.1 Å². The third-order valence-corrected chi connectivity index (χ3v) is 4.15. The number of hydrogen-bond donors (Lipinski definition) is 4. The van der Waals surface area contributed by atoms with E-state index in [9.17, 15) is 19.2 Å². The summed E-state index contributed by atoms with van der Waals surface area (Å²) in [6.07, 6.45) is 0.471. The summed E-state index contributed by atoms with van der Waals surface area (Å²) in [5.74, 6) is -1.64. The highest BCUT2D eigenvalue weighted by molar-refractivity contribution is 5.91. The minimum Gasteiger partial charge on any atom is -0.444 e. The van der Waals surface area contributed by atoms with Crippen molar-refractivity contribution >= 4 is 23.8 Å². The molecule has 3 atom stereocenters. The van der Waals surface area contributed by atoms with Crippen molar-refractivity contribution in [2.24, 2.45) is 11.7 Å². The van der Waals surface area contributed by atoms with Crippen LogP contribution in [-0.2, 0) is 19.1 Å². The zero-order valence-electron chi connectivity index (χ0n) is 17.5. The number of hydrazine groups is 1. The number of carbonyl (C=O) groups excluding carboxylic acids is 4. The molecule has 5 N–H and O–H groups in total. The van der Waals surface area contributed by atoms with E-state index in [2.05, 4.69) is 16.1 Å². The predicted molar refractivity (Wildman–Crippen MR) is 103 cm³/mol. The summed E-state index contributed by atoms with van der Waals surface area (Å²) >= 11 is 0. The Balaban J connectivity index is 2.69. The number of ether oxygens (including phenoxy) is 1. The maximum absolute atomic E-state index is 12.6. The minimum atomic E-state index is -0.863. The van der Waals surface area contributed by atoms with Gasteiger partial charge in [0.15, 0.2) is 0 Å². The van der Waals surface area contributed by atoms with Gasteiger partial charge >= 0.3 is 6.09 Å². The summed E-state index contributed by atoms with van der Waals surface area (Å²) in [6.45, 7) is 10.7. The second-order valence-electron chi connectivity index (χ2n) is 8.31. The van der Waals surface area contributed by atoms with Gasteiger partial charge in [-0.2, -0.15) is 0 Å². The van der Waals surface area contributed by atoms with Gasteiger partial charge in [0, 0.05) is 6.54 Å². The van der Waals surface area contributed by atoms with E-state index >= 15 is 0 Å². The second kappa shape index (κ2) is 9.72. The van der Waals surface area contributed by atoms with Gasteiger partial charge < -0.3 is 21.1 Å². The molecule has 10 heteroatoms. The number of nitrogens with zero attached hydrogens (tertiary/aromatic N) is 1. The van der Waals surface area contributed by atoms with Crippen molar-refractivity contribution in [3.8, 4) is 0 Å². The Morgan fingerprint density at radius 3 is 2.25 bits per heavy atom. The van der Waals surface area contributed by atoms with Gasteiger partial charge in [-0.1, -0.05) is 13.8 Å². The summed E-state index contributed by atoms with van der Waals surface area (Å²) in [5, 5.41) is 6.46. The smallest absolute Gasteiger partial charge is 0.408 e. The van der Waals surface area contributed by atoms with Crippen molar-refractivity contribution in [2.45, 2.75) is 78.1 Å². The van der Waals surface area contributed by atoms with E-state index in [0.29, 0.717) is 19.4 Å². The topological polar surface area (TPSA) is 143 Å². The van der Waals surface area contributed by atoms with Gasteiger partial charge in [0.25, 0.3) is 5.91 Å². The first-order valence-corrected chi connectivity index (χ1v) is 9.48. The lowest BCUT2D eigenvalue weighted by Gasteiger charge is -2.34. The van der Waals surface area contributed by atoms with Crippen molar-refractivity contribution < 1.29 is 23.9 Å².